The summed E-state index contributed by atoms with van der Waals surface area (Å²) in [4.78, 5) is 0. The fourth-order valence-electron chi connectivity index (χ4n) is 4.01. The molecule has 0 saturated carbocycles. The van der Waals surface area contributed by atoms with Gasteiger partial charge in [0.15, 0.2) is 6.21 Å². The summed E-state index contributed by atoms with van der Waals surface area (Å²) in [5.74, 6) is 1.82. The Labute approximate surface area is 170 Å². The van der Waals surface area contributed by atoms with Crippen LogP contribution in [0.3, 0.4) is 0 Å². The summed E-state index contributed by atoms with van der Waals surface area (Å²) in [6.45, 7) is 0. The van der Waals surface area contributed by atoms with Crippen molar-refractivity contribution in [1.82, 2.24) is 0 Å². The highest BCUT2D eigenvalue weighted by atomic mass is 16.3. The first-order valence-electron chi connectivity index (χ1n) is 9.83. The van der Waals surface area contributed by atoms with Gasteiger partial charge < -0.3 is 4.42 Å². The van der Waals surface area contributed by atoms with Crippen molar-refractivity contribution in [3.05, 3.63) is 96.6 Å². The SMILES string of the molecule is C[N+](C)=Cc1c2c(-c3ccccc3)cc(-c3ccccc3)oc-2c2ccccc12. The van der Waals surface area contributed by atoms with Crippen molar-refractivity contribution in [2.24, 2.45) is 0 Å². The van der Waals surface area contributed by atoms with E-state index in [-0.39, 0.29) is 0 Å². The normalized spacial score (nSPS) is 11.1. The molecule has 1 heterocycles. The minimum atomic E-state index is 0.879. The Hall–Kier alpha value is -3.65. The predicted molar refractivity (Wildman–Crippen MR) is 121 cm³/mol. The molecule has 0 fully saturated rings. The molecule has 1 aliphatic carbocycles. The lowest BCUT2D eigenvalue weighted by Gasteiger charge is -2.13. The third-order valence-corrected chi connectivity index (χ3v) is 5.25. The molecular formula is C27H22NO+. The molecule has 0 aromatic heterocycles. The van der Waals surface area contributed by atoms with Gasteiger partial charge in [0.1, 0.15) is 25.6 Å². The van der Waals surface area contributed by atoms with E-state index in [2.05, 4.69) is 97.7 Å². The maximum atomic E-state index is 6.55. The van der Waals surface area contributed by atoms with Crippen LogP contribution >= 0.6 is 0 Å². The second kappa shape index (κ2) is 7.06. The Morgan fingerprint density at radius 2 is 1.28 bits per heavy atom. The van der Waals surface area contributed by atoms with E-state index < -0.39 is 0 Å². The fourth-order valence-corrected chi connectivity index (χ4v) is 4.01. The van der Waals surface area contributed by atoms with Crippen LogP contribution in [0.1, 0.15) is 5.56 Å². The van der Waals surface area contributed by atoms with Gasteiger partial charge in [-0.15, -0.1) is 0 Å². The molecule has 3 aromatic carbocycles. The molecule has 140 valence electrons. The molecule has 0 unspecified atom stereocenters. The molecular weight excluding hydrogens is 354 g/mol. The van der Waals surface area contributed by atoms with Gasteiger partial charge in [0.05, 0.1) is 5.56 Å². The van der Waals surface area contributed by atoms with Crippen LogP contribution in [0.15, 0.2) is 95.4 Å². The van der Waals surface area contributed by atoms with Gasteiger partial charge in [0.25, 0.3) is 0 Å². The molecule has 2 aliphatic rings. The zero-order valence-electron chi connectivity index (χ0n) is 16.6. The smallest absolute Gasteiger partial charge is 0.171 e. The second-order valence-electron chi connectivity index (χ2n) is 7.51. The molecule has 0 radical (unpaired) electrons. The second-order valence-corrected chi connectivity index (χ2v) is 7.51. The Balaban J connectivity index is 1.95. The predicted octanol–water partition coefficient (Wildman–Crippen LogP) is 6.56. The zero-order valence-corrected chi connectivity index (χ0v) is 16.6. The maximum absolute atomic E-state index is 6.55. The first-order chi connectivity index (χ1) is 14.2. The van der Waals surface area contributed by atoms with Crippen LogP contribution < -0.4 is 0 Å². The number of benzene rings is 3. The molecule has 0 atom stereocenters. The van der Waals surface area contributed by atoms with Crippen molar-refractivity contribution < 1.29 is 8.99 Å². The molecule has 2 heteroatoms. The van der Waals surface area contributed by atoms with Crippen molar-refractivity contribution in [1.29, 1.82) is 0 Å². The lowest BCUT2D eigenvalue weighted by Crippen LogP contribution is -2.01. The van der Waals surface area contributed by atoms with Crippen molar-refractivity contribution in [3.63, 3.8) is 0 Å². The molecule has 2 nitrogen and oxygen atoms in total. The van der Waals surface area contributed by atoms with Crippen molar-refractivity contribution in [2.45, 2.75) is 0 Å². The van der Waals surface area contributed by atoms with Gasteiger partial charge in [-0.3, -0.25) is 0 Å². The first-order valence-corrected chi connectivity index (χ1v) is 9.83. The number of hydrogen-bond donors (Lipinski definition) is 0. The monoisotopic (exact) mass is 376 g/mol. The van der Waals surface area contributed by atoms with E-state index >= 15 is 0 Å². The Morgan fingerprint density at radius 1 is 0.690 bits per heavy atom. The topological polar surface area (TPSA) is 16.1 Å². The lowest BCUT2D eigenvalue weighted by atomic mass is 9.96. The van der Waals surface area contributed by atoms with E-state index in [9.17, 15) is 0 Å². The number of rotatable bonds is 3. The van der Waals surface area contributed by atoms with Gasteiger partial charge in [-0.05, 0) is 22.6 Å². The molecule has 1 aliphatic heterocycles. The van der Waals surface area contributed by atoms with E-state index in [0.717, 1.165) is 28.0 Å². The van der Waals surface area contributed by atoms with E-state index in [1.54, 1.807) is 0 Å². The molecule has 29 heavy (non-hydrogen) atoms. The summed E-state index contributed by atoms with van der Waals surface area (Å²) in [6.07, 6.45) is 2.19. The molecule has 0 bridgehead atoms. The number of hydrogen-bond acceptors (Lipinski definition) is 1. The van der Waals surface area contributed by atoms with E-state index in [4.69, 9.17) is 4.42 Å². The third-order valence-electron chi connectivity index (χ3n) is 5.25. The minimum absolute atomic E-state index is 0.879. The van der Waals surface area contributed by atoms with Crippen LogP contribution in [0.4, 0.5) is 0 Å². The Bertz CT molecular complexity index is 1290. The summed E-state index contributed by atoms with van der Waals surface area (Å²) >= 11 is 0. The fraction of sp³-hybridized carbons (Fsp3) is 0.0741. The van der Waals surface area contributed by atoms with Crippen LogP contribution in [0.25, 0.3) is 44.5 Å². The molecule has 3 aromatic rings. The largest absolute Gasteiger partial charge is 0.455 e. The highest BCUT2D eigenvalue weighted by Crippen LogP contribution is 2.46. The average molecular weight is 376 g/mol. The van der Waals surface area contributed by atoms with Gasteiger partial charge in [0, 0.05) is 16.5 Å². The van der Waals surface area contributed by atoms with E-state index in [0.29, 0.717) is 0 Å². The highest BCUT2D eigenvalue weighted by Gasteiger charge is 2.26. The van der Waals surface area contributed by atoms with Crippen molar-refractivity contribution in [2.75, 3.05) is 14.1 Å². The van der Waals surface area contributed by atoms with Crippen molar-refractivity contribution >= 4 is 17.0 Å². The van der Waals surface area contributed by atoms with Crippen LogP contribution in [-0.4, -0.2) is 24.9 Å². The number of nitrogens with zero attached hydrogens (tertiary/aromatic N) is 1. The zero-order chi connectivity index (χ0) is 19.8. The van der Waals surface area contributed by atoms with Gasteiger partial charge in [0.2, 0.25) is 0 Å². The highest BCUT2D eigenvalue weighted by molar-refractivity contribution is 6.16. The summed E-state index contributed by atoms with van der Waals surface area (Å²) in [7, 11) is 4.12. The number of fused-ring (bicyclic) bond motifs is 3. The molecule has 5 rings (SSSR count). The summed E-state index contributed by atoms with van der Waals surface area (Å²) in [5.41, 5.74) is 5.81. The summed E-state index contributed by atoms with van der Waals surface area (Å²) in [6, 6.07) is 31.6. The average Bonchev–Trinajstić information content (AvgIpc) is 3.08. The molecule has 0 N–H and O–H groups in total. The van der Waals surface area contributed by atoms with Gasteiger partial charge >= 0.3 is 0 Å². The molecule has 0 amide bonds. The van der Waals surface area contributed by atoms with Crippen LogP contribution in [0, 0.1) is 0 Å². The molecule has 0 saturated heterocycles. The first kappa shape index (κ1) is 17.4. The van der Waals surface area contributed by atoms with Crippen LogP contribution in [-0.2, 0) is 0 Å². The Morgan fingerprint density at radius 3 is 1.93 bits per heavy atom. The minimum Gasteiger partial charge on any atom is -0.455 e. The van der Waals surface area contributed by atoms with Gasteiger partial charge in [-0.1, -0.05) is 84.9 Å². The quantitative estimate of drug-likeness (QED) is 0.257. The maximum Gasteiger partial charge on any atom is 0.171 e. The summed E-state index contributed by atoms with van der Waals surface area (Å²) in [5, 5.41) is 2.35. The van der Waals surface area contributed by atoms with E-state index in [1.807, 2.05) is 18.2 Å². The van der Waals surface area contributed by atoms with E-state index in [1.165, 1.54) is 22.1 Å². The standard InChI is InChI=1S/C27H22NO/c1-28(2)18-24-21-15-9-10-16-22(21)27-26(24)23(19-11-5-3-6-12-19)17-25(29-27)20-13-7-4-8-14-20/h3-18H,1-2H3/q+1. The van der Waals surface area contributed by atoms with Crippen molar-refractivity contribution in [3.8, 4) is 33.8 Å². The molecule has 0 spiro atoms. The summed E-state index contributed by atoms with van der Waals surface area (Å²) < 4.78 is 8.65. The lowest BCUT2D eigenvalue weighted by molar-refractivity contribution is -0.458. The van der Waals surface area contributed by atoms with Gasteiger partial charge in [-0.25, -0.2) is 4.58 Å². The Kier molecular flexibility index (Phi) is 4.25. The van der Waals surface area contributed by atoms with Crippen LogP contribution in [0.5, 0.6) is 0 Å². The van der Waals surface area contributed by atoms with Gasteiger partial charge in [-0.2, -0.15) is 0 Å². The third kappa shape index (κ3) is 3.03. The van der Waals surface area contributed by atoms with Crippen LogP contribution in [0.2, 0.25) is 0 Å².